The molecule has 0 aliphatic rings. The number of fused-ring (bicyclic) bond motifs is 1. The van der Waals surface area contributed by atoms with Crippen LogP contribution < -0.4 is 9.64 Å². The van der Waals surface area contributed by atoms with Crippen LogP contribution in [0.15, 0.2) is 75.1 Å². The van der Waals surface area contributed by atoms with Crippen LogP contribution in [0.1, 0.15) is 34.6 Å². The maximum absolute atomic E-state index is 6.17. The molecular weight excluding hydrogens is 557 g/mol. The fourth-order valence-corrected chi connectivity index (χ4v) is 6.49. The van der Waals surface area contributed by atoms with E-state index in [4.69, 9.17) is 9.16 Å². The van der Waals surface area contributed by atoms with Crippen LogP contribution in [0, 0.1) is 0 Å². The molecule has 0 saturated carbocycles. The van der Waals surface area contributed by atoms with Crippen molar-refractivity contribution in [2.75, 3.05) is 31.2 Å². The molecule has 0 fully saturated rings. The number of aromatic nitrogens is 1. The van der Waals surface area contributed by atoms with E-state index in [9.17, 15) is 0 Å². The maximum Gasteiger partial charge on any atom is 0.231 e. The van der Waals surface area contributed by atoms with E-state index in [0.717, 1.165) is 44.7 Å². The molecule has 40 heavy (non-hydrogen) atoms. The Balaban J connectivity index is 1.29. The van der Waals surface area contributed by atoms with Crippen molar-refractivity contribution in [3.8, 4) is 5.75 Å². The Morgan fingerprint density at radius 2 is 1.45 bits per heavy atom. The fraction of sp³-hybridized carbons (Fsp3) is 0.414. The van der Waals surface area contributed by atoms with Crippen molar-refractivity contribution in [1.82, 2.24) is 4.98 Å². The highest BCUT2D eigenvalue weighted by Gasteiger charge is 2.36. The minimum Gasteiger partial charge on any atom is -0.491 e. The van der Waals surface area contributed by atoms with Crippen LogP contribution in [-0.2, 0) is 4.43 Å². The number of thiophene rings is 1. The molecule has 0 aliphatic heterocycles. The van der Waals surface area contributed by atoms with E-state index in [1.54, 1.807) is 0 Å². The number of azo groups is 2. The molecule has 2 aromatic heterocycles. The molecule has 2 aromatic carbocycles. The van der Waals surface area contributed by atoms with E-state index in [0.29, 0.717) is 18.3 Å². The Bertz CT molecular complexity index is 1400. The van der Waals surface area contributed by atoms with Crippen LogP contribution in [0.3, 0.4) is 0 Å². The van der Waals surface area contributed by atoms with Gasteiger partial charge in [-0.2, -0.15) is 0 Å². The zero-order valence-corrected chi connectivity index (χ0v) is 27.0. The van der Waals surface area contributed by atoms with E-state index < -0.39 is 8.32 Å². The number of rotatable bonds is 12. The third-order valence-corrected chi connectivity index (χ3v) is 13.5. The zero-order chi connectivity index (χ0) is 28.8. The Labute approximate surface area is 245 Å². The van der Waals surface area contributed by atoms with Crippen LogP contribution in [0.5, 0.6) is 5.75 Å². The largest absolute Gasteiger partial charge is 0.491 e. The normalized spacial score (nSPS) is 12.7. The lowest BCUT2D eigenvalue weighted by Gasteiger charge is -2.36. The first kappa shape index (κ1) is 30.0. The van der Waals surface area contributed by atoms with Crippen molar-refractivity contribution in [2.24, 2.45) is 20.5 Å². The lowest BCUT2D eigenvalue weighted by atomic mass is 10.2. The Morgan fingerprint density at radius 3 is 2.05 bits per heavy atom. The van der Waals surface area contributed by atoms with Gasteiger partial charge in [0.1, 0.15) is 22.2 Å². The fourth-order valence-electron chi connectivity index (χ4n) is 3.61. The van der Waals surface area contributed by atoms with Gasteiger partial charge in [-0.1, -0.05) is 43.4 Å². The van der Waals surface area contributed by atoms with Gasteiger partial charge in [0.25, 0.3) is 0 Å². The molecule has 0 saturated heterocycles. The first-order chi connectivity index (χ1) is 19.1. The van der Waals surface area contributed by atoms with E-state index in [1.165, 1.54) is 28.4 Å². The van der Waals surface area contributed by atoms with Crippen molar-refractivity contribution < 1.29 is 9.16 Å². The number of benzene rings is 2. The van der Waals surface area contributed by atoms with Gasteiger partial charge < -0.3 is 14.1 Å². The lowest BCUT2D eigenvalue weighted by Crippen LogP contribution is -2.41. The molecule has 0 radical (unpaired) electrons. The van der Waals surface area contributed by atoms with Gasteiger partial charge in [0, 0.05) is 18.8 Å². The summed E-state index contributed by atoms with van der Waals surface area (Å²) in [5, 5.41) is 19.1. The van der Waals surface area contributed by atoms with Gasteiger partial charge >= 0.3 is 0 Å². The SMILES string of the molecule is CCN(CC)c1ccc(N=Nc2nc3sc(N=Nc4ccc(OCCO[Si](C)(C)C(C)(C)C)cc4)cc3s2)cc1. The second kappa shape index (κ2) is 13.1. The summed E-state index contributed by atoms with van der Waals surface area (Å²) < 4.78 is 13.0. The van der Waals surface area contributed by atoms with E-state index >= 15 is 0 Å². The lowest BCUT2D eigenvalue weighted by molar-refractivity contribution is 0.203. The number of thiazole rings is 1. The van der Waals surface area contributed by atoms with E-state index in [1.807, 2.05) is 42.5 Å². The molecule has 0 bridgehead atoms. The van der Waals surface area contributed by atoms with Crippen LogP contribution >= 0.6 is 22.7 Å². The summed E-state index contributed by atoms with van der Waals surface area (Å²) >= 11 is 2.98. The molecule has 0 N–H and O–H groups in total. The molecule has 4 rings (SSSR count). The van der Waals surface area contributed by atoms with E-state index in [-0.39, 0.29) is 5.04 Å². The molecule has 0 spiro atoms. The molecule has 0 amide bonds. The van der Waals surface area contributed by atoms with Crippen LogP contribution in [-0.4, -0.2) is 39.6 Å². The number of nitrogens with zero attached hydrogens (tertiary/aromatic N) is 6. The minimum absolute atomic E-state index is 0.194. The van der Waals surface area contributed by atoms with Crippen LogP contribution in [0.25, 0.3) is 9.53 Å². The van der Waals surface area contributed by atoms with Gasteiger partial charge in [-0.15, -0.1) is 20.5 Å². The topological polar surface area (TPSA) is 84.0 Å². The molecule has 4 aromatic rings. The number of ether oxygens (including phenoxy) is 1. The third kappa shape index (κ3) is 7.81. The highest BCUT2D eigenvalue weighted by atomic mass is 32.1. The molecule has 0 atom stereocenters. The molecule has 2 heterocycles. The quantitative estimate of drug-likeness (QED) is 0.0927. The third-order valence-electron chi connectivity index (χ3n) is 7.02. The summed E-state index contributed by atoms with van der Waals surface area (Å²) in [6, 6.07) is 17.7. The van der Waals surface area contributed by atoms with Gasteiger partial charge in [-0.25, -0.2) is 4.98 Å². The highest BCUT2D eigenvalue weighted by Crippen LogP contribution is 2.39. The van der Waals surface area contributed by atoms with Gasteiger partial charge in [0.15, 0.2) is 8.32 Å². The number of hydrogen-bond acceptors (Lipinski definition) is 10. The predicted molar refractivity (Wildman–Crippen MR) is 171 cm³/mol. The van der Waals surface area contributed by atoms with Crippen LogP contribution in [0.2, 0.25) is 18.1 Å². The number of anilines is 1. The Kier molecular flexibility index (Phi) is 9.83. The van der Waals surface area contributed by atoms with E-state index in [2.05, 4.69) is 90.2 Å². The molecular formula is C29H38N6O2S2Si. The highest BCUT2D eigenvalue weighted by molar-refractivity contribution is 7.30. The smallest absolute Gasteiger partial charge is 0.231 e. The monoisotopic (exact) mass is 594 g/mol. The molecule has 0 unspecified atom stereocenters. The summed E-state index contributed by atoms with van der Waals surface area (Å²) in [6.07, 6.45) is 0. The van der Waals surface area contributed by atoms with Crippen molar-refractivity contribution in [2.45, 2.75) is 52.8 Å². The van der Waals surface area contributed by atoms with Crippen molar-refractivity contribution in [3.05, 3.63) is 54.6 Å². The average molecular weight is 595 g/mol. The summed E-state index contributed by atoms with van der Waals surface area (Å²) in [4.78, 5) is 7.77. The molecule has 11 heteroatoms. The van der Waals surface area contributed by atoms with Gasteiger partial charge in [0.2, 0.25) is 5.13 Å². The zero-order valence-electron chi connectivity index (χ0n) is 24.3. The van der Waals surface area contributed by atoms with Crippen LogP contribution in [0.4, 0.5) is 27.2 Å². The minimum atomic E-state index is -1.75. The first-order valence-electron chi connectivity index (χ1n) is 13.5. The van der Waals surface area contributed by atoms with Crippen molar-refractivity contribution in [3.63, 3.8) is 0 Å². The van der Waals surface area contributed by atoms with Gasteiger partial charge in [-0.3, -0.25) is 0 Å². The molecule has 0 aliphatic carbocycles. The van der Waals surface area contributed by atoms with Crippen molar-refractivity contribution >= 4 is 67.7 Å². The predicted octanol–water partition coefficient (Wildman–Crippen LogP) is 10.4. The average Bonchev–Trinajstić information content (AvgIpc) is 3.49. The summed E-state index contributed by atoms with van der Waals surface area (Å²) in [6.45, 7) is 18.6. The summed E-state index contributed by atoms with van der Waals surface area (Å²) in [5.41, 5.74) is 2.75. The first-order valence-corrected chi connectivity index (χ1v) is 18.1. The second-order valence-corrected chi connectivity index (χ2v) is 17.6. The maximum atomic E-state index is 6.17. The molecule has 8 nitrogen and oxygen atoms in total. The summed E-state index contributed by atoms with van der Waals surface area (Å²) in [7, 11) is -1.75. The second-order valence-electron chi connectivity index (χ2n) is 10.8. The van der Waals surface area contributed by atoms with Gasteiger partial charge in [0.05, 0.1) is 22.7 Å². The Hall–Kier alpha value is -2.99. The molecule has 212 valence electrons. The van der Waals surface area contributed by atoms with Gasteiger partial charge in [-0.05, 0) is 86.6 Å². The standard InChI is InChI=1S/C29H38N6O2S2Si/c1-8-35(9-2)23-14-10-21(11-15-23)32-34-28-30-27-25(38-28)20-26(39-27)33-31-22-12-16-24(17-13-22)36-18-19-37-40(6,7)29(3,4)5/h10-17,20H,8-9,18-19H2,1-7H3. The summed E-state index contributed by atoms with van der Waals surface area (Å²) in [5.74, 6) is 0.792. The van der Waals surface area contributed by atoms with Crippen molar-refractivity contribution in [1.29, 1.82) is 0 Å². The Morgan fingerprint density at radius 1 is 0.825 bits per heavy atom. The number of hydrogen-bond donors (Lipinski definition) is 0.